The van der Waals surface area contributed by atoms with Gasteiger partial charge in [0.25, 0.3) is 0 Å². The number of hydrogen-bond donors (Lipinski definition) is 0. The van der Waals surface area contributed by atoms with Crippen LogP contribution in [0.25, 0.3) is 0 Å². The summed E-state index contributed by atoms with van der Waals surface area (Å²) in [7, 11) is 1.49. The van der Waals surface area contributed by atoms with E-state index < -0.39 is 0 Å². The molecule has 0 bridgehead atoms. The largest absolute Gasteiger partial charge is 0.466 e. The Hall–Kier alpha value is -1.58. The van der Waals surface area contributed by atoms with Gasteiger partial charge in [0.15, 0.2) is 0 Å². The van der Waals surface area contributed by atoms with Crippen molar-refractivity contribution in [2.45, 2.75) is 13.3 Å². The molecule has 0 fully saturated rings. The standard InChI is InChI=1S/C11H15NO3/c1-3-15-11(13)8-9-6-4-5-7-10(9)12-14-2/h4-7,9H,3,8H2,1-2H3. The van der Waals surface area contributed by atoms with Gasteiger partial charge < -0.3 is 9.57 Å². The smallest absolute Gasteiger partial charge is 0.306 e. The number of hydrogen-bond acceptors (Lipinski definition) is 4. The van der Waals surface area contributed by atoms with Gasteiger partial charge in [-0.15, -0.1) is 0 Å². The van der Waals surface area contributed by atoms with Crippen molar-refractivity contribution >= 4 is 11.7 Å². The first kappa shape index (κ1) is 11.5. The van der Waals surface area contributed by atoms with Gasteiger partial charge in [-0.1, -0.05) is 23.4 Å². The van der Waals surface area contributed by atoms with E-state index in [0.29, 0.717) is 13.0 Å². The van der Waals surface area contributed by atoms with E-state index in [2.05, 4.69) is 5.16 Å². The van der Waals surface area contributed by atoms with Gasteiger partial charge in [-0.2, -0.15) is 0 Å². The minimum atomic E-state index is -0.216. The second-order valence-corrected chi connectivity index (χ2v) is 3.06. The van der Waals surface area contributed by atoms with Crippen molar-refractivity contribution in [3.05, 3.63) is 24.3 Å². The highest BCUT2D eigenvalue weighted by Gasteiger charge is 2.18. The molecule has 0 spiro atoms. The van der Waals surface area contributed by atoms with Crippen molar-refractivity contribution in [2.75, 3.05) is 13.7 Å². The van der Waals surface area contributed by atoms with Crippen LogP contribution in [0.1, 0.15) is 13.3 Å². The van der Waals surface area contributed by atoms with E-state index in [9.17, 15) is 4.79 Å². The maximum absolute atomic E-state index is 11.3. The number of ether oxygens (including phenoxy) is 1. The summed E-state index contributed by atoms with van der Waals surface area (Å²) in [6.45, 7) is 2.19. The summed E-state index contributed by atoms with van der Waals surface area (Å²) < 4.78 is 4.88. The molecule has 82 valence electrons. The summed E-state index contributed by atoms with van der Waals surface area (Å²) in [5.41, 5.74) is 0.744. The molecule has 0 saturated heterocycles. The van der Waals surface area contributed by atoms with Gasteiger partial charge in [-0.3, -0.25) is 4.79 Å². The third-order valence-corrected chi connectivity index (χ3v) is 1.99. The molecule has 1 unspecified atom stereocenters. The predicted molar refractivity (Wildman–Crippen MR) is 57.5 cm³/mol. The van der Waals surface area contributed by atoms with Crippen LogP contribution in [0.2, 0.25) is 0 Å². The monoisotopic (exact) mass is 209 g/mol. The third-order valence-electron chi connectivity index (χ3n) is 1.99. The molecule has 0 aromatic carbocycles. The maximum Gasteiger partial charge on any atom is 0.306 e. The van der Waals surface area contributed by atoms with Crippen LogP contribution >= 0.6 is 0 Å². The lowest BCUT2D eigenvalue weighted by atomic mass is 9.95. The van der Waals surface area contributed by atoms with Crippen LogP contribution in [0, 0.1) is 5.92 Å². The Morgan fingerprint density at radius 2 is 2.33 bits per heavy atom. The summed E-state index contributed by atoms with van der Waals surface area (Å²) in [5.74, 6) is -0.264. The van der Waals surface area contributed by atoms with Crippen LogP contribution in [0.5, 0.6) is 0 Å². The molecule has 1 aliphatic rings. The molecule has 0 N–H and O–H groups in total. The van der Waals surface area contributed by atoms with Crippen molar-refractivity contribution in [2.24, 2.45) is 11.1 Å². The summed E-state index contributed by atoms with van der Waals surface area (Å²) in [6.07, 6.45) is 7.79. The van der Waals surface area contributed by atoms with E-state index in [-0.39, 0.29) is 11.9 Å². The Morgan fingerprint density at radius 1 is 1.53 bits per heavy atom. The second kappa shape index (κ2) is 6.01. The zero-order valence-corrected chi connectivity index (χ0v) is 8.97. The third kappa shape index (κ3) is 3.58. The average Bonchev–Trinajstić information content (AvgIpc) is 2.21. The highest BCUT2D eigenvalue weighted by Crippen LogP contribution is 2.14. The van der Waals surface area contributed by atoms with E-state index >= 15 is 0 Å². The fourth-order valence-corrected chi connectivity index (χ4v) is 1.35. The normalized spacial score (nSPS) is 21.7. The Morgan fingerprint density at radius 3 is 3.00 bits per heavy atom. The van der Waals surface area contributed by atoms with Crippen LogP contribution in [0.3, 0.4) is 0 Å². The molecule has 0 heterocycles. The van der Waals surface area contributed by atoms with E-state index in [0.717, 1.165) is 5.71 Å². The lowest BCUT2D eigenvalue weighted by molar-refractivity contribution is -0.143. The van der Waals surface area contributed by atoms with Crippen molar-refractivity contribution in [3.63, 3.8) is 0 Å². The summed E-state index contributed by atoms with van der Waals surface area (Å²) in [6, 6.07) is 0. The summed E-state index contributed by atoms with van der Waals surface area (Å²) in [5, 5.41) is 3.85. The quantitative estimate of drug-likeness (QED) is 0.523. The van der Waals surface area contributed by atoms with Crippen LogP contribution < -0.4 is 0 Å². The molecule has 1 rings (SSSR count). The van der Waals surface area contributed by atoms with Crippen molar-refractivity contribution in [1.29, 1.82) is 0 Å². The second-order valence-electron chi connectivity index (χ2n) is 3.06. The average molecular weight is 209 g/mol. The van der Waals surface area contributed by atoms with E-state index in [1.807, 2.05) is 24.3 Å². The highest BCUT2D eigenvalue weighted by atomic mass is 16.6. The zero-order chi connectivity index (χ0) is 11.1. The van der Waals surface area contributed by atoms with Gasteiger partial charge in [0.1, 0.15) is 7.11 Å². The highest BCUT2D eigenvalue weighted by molar-refractivity contribution is 6.00. The fraction of sp³-hybridized carbons (Fsp3) is 0.455. The number of carbonyl (C=O) groups is 1. The van der Waals surface area contributed by atoms with Gasteiger partial charge in [0.2, 0.25) is 0 Å². The number of rotatable bonds is 4. The van der Waals surface area contributed by atoms with Gasteiger partial charge in [-0.25, -0.2) is 0 Å². The molecule has 4 heteroatoms. The van der Waals surface area contributed by atoms with Crippen molar-refractivity contribution < 1.29 is 14.4 Å². The molecular weight excluding hydrogens is 194 g/mol. The van der Waals surface area contributed by atoms with Gasteiger partial charge in [-0.05, 0) is 13.0 Å². The van der Waals surface area contributed by atoms with Gasteiger partial charge >= 0.3 is 5.97 Å². The molecule has 0 saturated carbocycles. The first-order valence-electron chi connectivity index (χ1n) is 4.89. The molecule has 0 radical (unpaired) electrons. The van der Waals surface area contributed by atoms with Gasteiger partial charge in [0, 0.05) is 5.92 Å². The van der Waals surface area contributed by atoms with Crippen molar-refractivity contribution in [1.82, 2.24) is 0 Å². The molecular formula is C11H15NO3. The minimum absolute atomic E-state index is 0.0472. The number of nitrogens with zero attached hydrogens (tertiary/aromatic N) is 1. The van der Waals surface area contributed by atoms with E-state index in [1.165, 1.54) is 7.11 Å². The van der Waals surface area contributed by atoms with E-state index in [1.54, 1.807) is 6.92 Å². The Labute approximate surface area is 89.2 Å². The molecule has 0 amide bonds. The molecule has 1 atom stereocenters. The van der Waals surface area contributed by atoms with Crippen molar-refractivity contribution in [3.8, 4) is 0 Å². The topological polar surface area (TPSA) is 47.9 Å². The lowest BCUT2D eigenvalue weighted by Gasteiger charge is -2.13. The minimum Gasteiger partial charge on any atom is -0.466 e. The first-order valence-corrected chi connectivity index (χ1v) is 4.89. The maximum atomic E-state index is 11.3. The summed E-state index contributed by atoms with van der Waals surface area (Å²) >= 11 is 0. The molecule has 15 heavy (non-hydrogen) atoms. The Bertz CT molecular complexity index is 305. The first-order chi connectivity index (χ1) is 7.27. The lowest BCUT2D eigenvalue weighted by Crippen LogP contribution is -2.18. The van der Waals surface area contributed by atoms with Crippen LogP contribution in [-0.4, -0.2) is 25.4 Å². The molecule has 1 aliphatic carbocycles. The molecule has 0 aliphatic heterocycles. The SMILES string of the molecule is CCOC(=O)CC1C=CC=CC1=NOC. The molecule has 0 aromatic rings. The number of esters is 1. The zero-order valence-electron chi connectivity index (χ0n) is 8.97. The van der Waals surface area contributed by atoms with Crippen LogP contribution in [-0.2, 0) is 14.4 Å². The number of allylic oxidation sites excluding steroid dienone is 4. The van der Waals surface area contributed by atoms with Gasteiger partial charge in [0.05, 0.1) is 18.7 Å². The fourth-order valence-electron chi connectivity index (χ4n) is 1.35. The van der Waals surface area contributed by atoms with Crippen LogP contribution in [0.15, 0.2) is 29.5 Å². The number of oxime groups is 1. The van der Waals surface area contributed by atoms with Crippen LogP contribution in [0.4, 0.5) is 0 Å². The number of carbonyl (C=O) groups excluding carboxylic acids is 1. The Kier molecular flexibility index (Phi) is 4.60. The van der Waals surface area contributed by atoms with E-state index in [4.69, 9.17) is 9.57 Å². The molecule has 4 nitrogen and oxygen atoms in total. The Balaban J connectivity index is 2.59. The molecule has 0 aromatic heterocycles. The predicted octanol–water partition coefficient (Wildman–Crippen LogP) is 1.68. The summed E-state index contributed by atoms with van der Waals surface area (Å²) in [4.78, 5) is 16.0.